The molecule has 0 aromatic heterocycles. The molecule has 0 bridgehead atoms. The Bertz CT molecular complexity index is 607. The second kappa shape index (κ2) is 8.46. The van der Waals surface area contributed by atoms with E-state index in [0.717, 1.165) is 0 Å². The molecule has 2 atom stereocenters. The zero-order chi connectivity index (χ0) is 16.8. The van der Waals surface area contributed by atoms with E-state index in [1.165, 1.54) is 47.9 Å². The lowest BCUT2D eigenvalue weighted by molar-refractivity contribution is -0.137. The second-order valence-electron chi connectivity index (χ2n) is 6.75. The number of hydrogen-bond donors (Lipinski definition) is 0. The second-order valence-corrected chi connectivity index (χ2v) is 6.75. The minimum atomic E-state index is 0.0511. The first kappa shape index (κ1) is 17.2. The maximum absolute atomic E-state index is 6.07. The summed E-state index contributed by atoms with van der Waals surface area (Å²) in [7, 11) is 0. The van der Waals surface area contributed by atoms with Crippen molar-refractivity contribution in [2.45, 2.75) is 51.7 Å². The number of unbranched alkanes of at least 4 members (excludes halogenated alkanes) is 2. The summed E-state index contributed by atoms with van der Waals surface area (Å²) in [5.41, 5.74) is 5.11. The van der Waals surface area contributed by atoms with Gasteiger partial charge in [-0.1, -0.05) is 73.9 Å². The number of ether oxygens (including phenoxy) is 2. The van der Waals surface area contributed by atoms with Crippen LogP contribution in [-0.2, 0) is 15.9 Å². The lowest BCUT2D eigenvalue weighted by Crippen LogP contribution is -2.25. The summed E-state index contributed by atoms with van der Waals surface area (Å²) >= 11 is 0. The molecule has 0 radical (unpaired) electrons. The van der Waals surface area contributed by atoms with Gasteiger partial charge in [-0.2, -0.15) is 0 Å². The monoisotopic (exact) mass is 324 g/mol. The Morgan fingerprint density at radius 1 is 0.792 bits per heavy atom. The van der Waals surface area contributed by atoms with E-state index in [1.807, 2.05) is 0 Å². The van der Waals surface area contributed by atoms with Crippen LogP contribution in [0.5, 0.6) is 0 Å². The summed E-state index contributed by atoms with van der Waals surface area (Å²) in [4.78, 5) is 0. The van der Waals surface area contributed by atoms with Gasteiger partial charge in [0.05, 0.1) is 13.2 Å². The third-order valence-corrected chi connectivity index (χ3v) is 4.77. The molecule has 0 unspecified atom stereocenters. The van der Waals surface area contributed by atoms with E-state index in [0.29, 0.717) is 13.2 Å². The van der Waals surface area contributed by atoms with E-state index in [4.69, 9.17) is 9.47 Å². The van der Waals surface area contributed by atoms with Gasteiger partial charge in [-0.15, -0.1) is 0 Å². The molecule has 0 spiro atoms. The van der Waals surface area contributed by atoms with Gasteiger partial charge in [0.1, 0.15) is 12.2 Å². The molecule has 2 aromatic rings. The molecular formula is C22H28O2. The Labute approximate surface area is 145 Å². The topological polar surface area (TPSA) is 18.5 Å². The van der Waals surface area contributed by atoms with Crippen LogP contribution >= 0.6 is 0 Å². The van der Waals surface area contributed by atoms with Crippen LogP contribution in [0.2, 0.25) is 0 Å². The summed E-state index contributed by atoms with van der Waals surface area (Å²) in [6, 6.07) is 17.4. The minimum absolute atomic E-state index is 0.0511. The first-order valence-corrected chi connectivity index (χ1v) is 9.15. The Kier molecular flexibility index (Phi) is 6.06. The van der Waals surface area contributed by atoms with Crippen molar-refractivity contribution in [3.8, 4) is 0 Å². The fourth-order valence-corrected chi connectivity index (χ4v) is 3.15. The van der Waals surface area contributed by atoms with Crippen molar-refractivity contribution in [3.63, 3.8) is 0 Å². The van der Waals surface area contributed by atoms with E-state index < -0.39 is 0 Å². The highest BCUT2D eigenvalue weighted by Gasteiger charge is 2.24. The minimum Gasteiger partial charge on any atom is -0.368 e. The molecule has 0 amide bonds. The van der Waals surface area contributed by atoms with Crippen LogP contribution in [0.15, 0.2) is 48.5 Å². The highest BCUT2D eigenvalue weighted by atomic mass is 16.6. The van der Waals surface area contributed by atoms with E-state index >= 15 is 0 Å². The van der Waals surface area contributed by atoms with Crippen LogP contribution in [0.1, 0.15) is 60.6 Å². The van der Waals surface area contributed by atoms with Crippen LogP contribution in [0.3, 0.4) is 0 Å². The van der Waals surface area contributed by atoms with Gasteiger partial charge in [-0.25, -0.2) is 0 Å². The van der Waals surface area contributed by atoms with Crippen molar-refractivity contribution in [1.29, 1.82) is 0 Å². The highest BCUT2D eigenvalue weighted by Crippen LogP contribution is 2.30. The molecule has 1 aliphatic rings. The molecule has 2 nitrogen and oxygen atoms in total. The van der Waals surface area contributed by atoms with Gasteiger partial charge < -0.3 is 9.47 Å². The maximum atomic E-state index is 6.07. The fraction of sp³-hybridized carbons (Fsp3) is 0.455. The van der Waals surface area contributed by atoms with Crippen LogP contribution < -0.4 is 0 Å². The van der Waals surface area contributed by atoms with Crippen molar-refractivity contribution in [2.24, 2.45) is 0 Å². The molecule has 128 valence electrons. The van der Waals surface area contributed by atoms with E-state index in [-0.39, 0.29) is 12.2 Å². The van der Waals surface area contributed by atoms with Gasteiger partial charge in [0.25, 0.3) is 0 Å². The summed E-state index contributed by atoms with van der Waals surface area (Å²) in [6.45, 7) is 5.58. The van der Waals surface area contributed by atoms with Crippen molar-refractivity contribution < 1.29 is 9.47 Å². The van der Waals surface area contributed by atoms with Gasteiger partial charge in [0.15, 0.2) is 0 Å². The number of rotatable bonds is 6. The molecule has 24 heavy (non-hydrogen) atoms. The van der Waals surface area contributed by atoms with Gasteiger partial charge in [0, 0.05) is 0 Å². The van der Waals surface area contributed by atoms with E-state index in [2.05, 4.69) is 62.4 Å². The number of aryl methyl sites for hydroxylation is 2. The molecule has 2 aromatic carbocycles. The molecule has 1 saturated heterocycles. The first-order chi connectivity index (χ1) is 11.8. The lowest BCUT2D eigenvalue weighted by Gasteiger charge is -2.30. The summed E-state index contributed by atoms with van der Waals surface area (Å²) < 4.78 is 12.1. The molecule has 1 aliphatic heterocycles. The Morgan fingerprint density at radius 2 is 1.33 bits per heavy atom. The van der Waals surface area contributed by atoms with E-state index in [1.54, 1.807) is 0 Å². The molecule has 1 heterocycles. The van der Waals surface area contributed by atoms with E-state index in [9.17, 15) is 0 Å². The molecule has 3 rings (SSSR count). The predicted molar refractivity (Wildman–Crippen MR) is 98.2 cm³/mol. The summed E-state index contributed by atoms with van der Waals surface area (Å²) in [5.74, 6) is 0. The van der Waals surface area contributed by atoms with Crippen LogP contribution in [-0.4, -0.2) is 13.2 Å². The lowest BCUT2D eigenvalue weighted by atomic mass is 10.0. The molecule has 0 N–H and O–H groups in total. The molecule has 0 aliphatic carbocycles. The van der Waals surface area contributed by atoms with Crippen LogP contribution in [0.4, 0.5) is 0 Å². The zero-order valence-electron chi connectivity index (χ0n) is 14.8. The Balaban J connectivity index is 1.53. The quantitative estimate of drug-likeness (QED) is 0.648. The largest absolute Gasteiger partial charge is 0.368 e. The average molecular weight is 324 g/mol. The molecule has 2 heteroatoms. The summed E-state index contributed by atoms with van der Waals surface area (Å²) in [6.07, 6.45) is 5.13. The van der Waals surface area contributed by atoms with Crippen molar-refractivity contribution >= 4 is 0 Å². The van der Waals surface area contributed by atoms with Crippen molar-refractivity contribution in [3.05, 3.63) is 70.8 Å². The standard InChI is InChI=1S/C22H28O2/c1-3-4-5-6-18-9-13-20(14-10-18)22-16-23-21(15-24-22)19-11-7-17(2)8-12-19/h7-14,21-22H,3-6,15-16H2,1-2H3/t21-,22+/m1/s1. The maximum Gasteiger partial charge on any atom is 0.106 e. The van der Waals surface area contributed by atoms with Crippen molar-refractivity contribution in [2.75, 3.05) is 13.2 Å². The third-order valence-electron chi connectivity index (χ3n) is 4.77. The Morgan fingerprint density at radius 3 is 1.83 bits per heavy atom. The third kappa shape index (κ3) is 4.46. The molecule has 1 fully saturated rings. The SMILES string of the molecule is CCCCCc1ccc([C@@H]2CO[C@@H](c3ccc(C)cc3)CO2)cc1. The van der Waals surface area contributed by atoms with Crippen molar-refractivity contribution in [1.82, 2.24) is 0 Å². The number of hydrogen-bond acceptors (Lipinski definition) is 2. The molecular weight excluding hydrogens is 296 g/mol. The average Bonchev–Trinajstić information content (AvgIpc) is 2.63. The highest BCUT2D eigenvalue weighted by molar-refractivity contribution is 5.26. The van der Waals surface area contributed by atoms with Gasteiger partial charge in [0.2, 0.25) is 0 Å². The van der Waals surface area contributed by atoms with Crippen LogP contribution in [0.25, 0.3) is 0 Å². The molecule has 0 saturated carbocycles. The van der Waals surface area contributed by atoms with Gasteiger partial charge in [-0.05, 0) is 36.5 Å². The normalized spacial score (nSPS) is 20.9. The van der Waals surface area contributed by atoms with Gasteiger partial charge in [-0.3, -0.25) is 0 Å². The smallest absolute Gasteiger partial charge is 0.106 e. The fourth-order valence-electron chi connectivity index (χ4n) is 3.15. The number of benzene rings is 2. The predicted octanol–water partition coefficient (Wildman–Crippen LogP) is 5.56. The van der Waals surface area contributed by atoms with Gasteiger partial charge >= 0.3 is 0 Å². The zero-order valence-corrected chi connectivity index (χ0v) is 14.8. The van der Waals surface area contributed by atoms with Crippen LogP contribution in [0, 0.1) is 6.92 Å². The Hall–Kier alpha value is -1.64. The summed E-state index contributed by atoms with van der Waals surface area (Å²) in [5, 5.41) is 0. The first-order valence-electron chi connectivity index (χ1n) is 9.15.